The fourth-order valence-electron chi connectivity index (χ4n) is 3.32. The van der Waals surface area contributed by atoms with Crippen molar-refractivity contribution >= 4 is 9.84 Å². The van der Waals surface area contributed by atoms with E-state index in [4.69, 9.17) is 0 Å². The minimum absolute atomic E-state index is 0.127. The topological polar surface area (TPSA) is 67.3 Å². The molecule has 6 heteroatoms. The number of sulfone groups is 1. The van der Waals surface area contributed by atoms with Gasteiger partial charge < -0.3 is 5.11 Å². The van der Waals surface area contributed by atoms with E-state index in [0.29, 0.717) is 12.8 Å². The molecule has 2 unspecified atom stereocenters. The normalized spacial score (nSPS) is 36.9. The average molecular weight is 285 g/mol. The van der Waals surface area contributed by atoms with E-state index in [2.05, 4.69) is 4.98 Å². The van der Waals surface area contributed by atoms with Gasteiger partial charge in [0.05, 0.1) is 16.2 Å². The number of hydrogen-bond acceptors (Lipinski definition) is 4. The van der Waals surface area contributed by atoms with Gasteiger partial charge in [0.15, 0.2) is 9.84 Å². The Kier molecular flexibility index (Phi) is 2.90. The predicted octanol–water partition coefficient (Wildman–Crippen LogP) is 1.54. The molecule has 104 valence electrons. The number of fused-ring (bicyclic) bond motifs is 2. The van der Waals surface area contributed by atoms with Gasteiger partial charge in [-0.3, -0.25) is 0 Å². The molecule has 2 aliphatic heterocycles. The zero-order chi connectivity index (χ0) is 13.7. The molecule has 3 heterocycles. The van der Waals surface area contributed by atoms with E-state index in [1.54, 1.807) is 6.07 Å². The molecule has 2 aliphatic rings. The lowest BCUT2D eigenvalue weighted by atomic mass is 9.83. The fraction of sp³-hybridized carbons (Fsp3) is 0.615. The summed E-state index contributed by atoms with van der Waals surface area (Å²) in [6, 6.07) is 4.28. The van der Waals surface area contributed by atoms with Crippen molar-refractivity contribution in [3.05, 3.63) is 29.8 Å². The first kappa shape index (κ1) is 13.0. The van der Waals surface area contributed by atoms with E-state index in [0.717, 1.165) is 6.42 Å². The van der Waals surface area contributed by atoms with Crippen LogP contribution in [-0.4, -0.2) is 29.0 Å². The van der Waals surface area contributed by atoms with Gasteiger partial charge in [0.25, 0.3) is 0 Å². The van der Waals surface area contributed by atoms with E-state index in [1.165, 1.54) is 12.1 Å². The Morgan fingerprint density at radius 2 is 1.89 bits per heavy atom. The molecule has 19 heavy (non-hydrogen) atoms. The number of halogens is 1. The van der Waals surface area contributed by atoms with Crippen LogP contribution < -0.4 is 0 Å². The summed E-state index contributed by atoms with van der Waals surface area (Å²) in [5, 5.41) is 9.67. The zero-order valence-corrected chi connectivity index (χ0v) is 11.2. The third-order valence-corrected chi connectivity index (χ3v) is 6.97. The third kappa shape index (κ3) is 2.07. The van der Waals surface area contributed by atoms with Crippen LogP contribution in [0.2, 0.25) is 0 Å². The largest absolute Gasteiger partial charge is 0.383 e. The van der Waals surface area contributed by atoms with Crippen LogP contribution in [0.4, 0.5) is 4.39 Å². The van der Waals surface area contributed by atoms with Crippen LogP contribution >= 0.6 is 0 Å². The lowest BCUT2D eigenvalue weighted by Gasteiger charge is -2.43. The summed E-state index contributed by atoms with van der Waals surface area (Å²) in [6.07, 6.45) is 2.29. The van der Waals surface area contributed by atoms with E-state index in [-0.39, 0.29) is 18.5 Å². The van der Waals surface area contributed by atoms with Gasteiger partial charge in [-0.1, -0.05) is 12.5 Å². The number of pyridine rings is 1. The second-order valence-corrected chi connectivity index (χ2v) is 8.06. The van der Waals surface area contributed by atoms with Gasteiger partial charge >= 0.3 is 0 Å². The summed E-state index contributed by atoms with van der Waals surface area (Å²) in [7, 11) is -3.14. The molecule has 2 bridgehead atoms. The molecule has 0 aromatic carbocycles. The Morgan fingerprint density at radius 1 is 1.26 bits per heavy atom. The second-order valence-electron chi connectivity index (χ2n) is 5.55. The van der Waals surface area contributed by atoms with Crippen molar-refractivity contribution < 1.29 is 17.9 Å². The van der Waals surface area contributed by atoms with Gasteiger partial charge in [0.2, 0.25) is 5.95 Å². The molecule has 3 rings (SSSR count). The van der Waals surface area contributed by atoms with Gasteiger partial charge in [-0.05, 0) is 37.8 Å². The van der Waals surface area contributed by atoms with Crippen molar-refractivity contribution in [2.45, 2.75) is 48.2 Å². The van der Waals surface area contributed by atoms with Gasteiger partial charge in [-0.25, -0.2) is 13.4 Å². The maximum atomic E-state index is 13.2. The highest BCUT2D eigenvalue weighted by Gasteiger charge is 2.51. The first-order valence-corrected chi connectivity index (χ1v) is 8.11. The number of nitrogens with zero attached hydrogens (tertiary/aromatic N) is 1. The molecule has 1 aromatic rings. The quantitative estimate of drug-likeness (QED) is 0.795. The van der Waals surface area contributed by atoms with Crippen LogP contribution in [0.3, 0.4) is 0 Å². The zero-order valence-electron chi connectivity index (χ0n) is 10.4. The van der Waals surface area contributed by atoms with E-state index in [9.17, 15) is 17.9 Å². The van der Waals surface area contributed by atoms with E-state index in [1.807, 2.05) is 0 Å². The summed E-state index contributed by atoms with van der Waals surface area (Å²) >= 11 is 0. The lowest BCUT2D eigenvalue weighted by molar-refractivity contribution is 0.000329. The standard InChI is InChI=1S/C13H16FNO3S/c14-12-6-2-5-11(15-12)13(16)7-9-3-1-4-10(8-13)19(9,17)18/h2,5-6,9-10,16H,1,3-4,7-8H2. The molecule has 0 aliphatic carbocycles. The Hall–Kier alpha value is -1.01. The van der Waals surface area contributed by atoms with Gasteiger partial charge in [-0.2, -0.15) is 4.39 Å². The second kappa shape index (κ2) is 4.24. The van der Waals surface area contributed by atoms with Crippen LogP contribution in [0.15, 0.2) is 18.2 Å². The molecule has 2 atom stereocenters. The number of aliphatic hydroxyl groups is 1. The molecule has 0 spiro atoms. The number of hydrogen-bond donors (Lipinski definition) is 1. The van der Waals surface area contributed by atoms with Crippen molar-refractivity contribution in [2.75, 3.05) is 0 Å². The molecule has 0 radical (unpaired) electrons. The van der Waals surface area contributed by atoms with Crippen molar-refractivity contribution in [2.24, 2.45) is 0 Å². The van der Waals surface area contributed by atoms with Crippen molar-refractivity contribution in [3.8, 4) is 0 Å². The van der Waals surface area contributed by atoms with Crippen LogP contribution in [-0.2, 0) is 15.4 Å². The Bertz CT molecular complexity index is 582. The highest BCUT2D eigenvalue weighted by atomic mass is 32.2. The Balaban J connectivity index is 1.99. The van der Waals surface area contributed by atoms with Crippen LogP contribution in [0.1, 0.15) is 37.8 Å². The first-order valence-electron chi connectivity index (χ1n) is 6.50. The van der Waals surface area contributed by atoms with Gasteiger partial charge in [0, 0.05) is 0 Å². The van der Waals surface area contributed by atoms with E-state index >= 15 is 0 Å². The monoisotopic (exact) mass is 285 g/mol. The predicted molar refractivity (Wildman–Crippen MR) is 67.7 cm³/mol. The van der Waals surface area contributed by atoms with E-state index < -0.39 is 31.9 Å². The van der Waals surface area contributed by atoms with Gasteiger partial charge in [-0.15, -0.1) is 0 Å². The Morgan fingerprint density at radius 3 is 2.47 bits per heavy atom. The van der Waals surface area contributed by atoms with Crippen LogP contribution in [0, 0.1) is 5.95 Å². The highest BCUT2D eigenvalue weighted by molar-refractivity contribution is 7.92. The summed E-state index contributed by atoms with van der Waals surface area (Å²) < 4.78 is 37.5. The molecular weight excluding hydrogens is 269 g/mol. The maximum Gasteiger partial charge on any atom is 0.213 e. The summed E-state index contributed by atoms with van der Waals surface area (Å²) in [4.78, 5) is 3.73. The SMILES string of the molecule is O=S1(=O)C2CCCC1CC(O)(c1cccc(F)n1)C2. The third-order valence-electron chi connectivity index (χ3n) is 4.30. The Labute approximate surface area is 111 Å². The van der Waals surface area contributed by atoms with Gasteiger partial charge in [0.1, 0.15) is 5.60 Å². The summed E-state index contributed by atoms with van der Waals surface area (Å²) in [5.41, 5.74) is -1.07. The number of aromatic nitrogens is 1. The summed E-state index contributed by atoms with van der Waals surface area (Å²) in [5.74, 6) is -0.649. The van der Waals surface area contributed by atoms with Crippen LogP contribution in [0.5, 0.6) is 0 Å². The molecule has 0 saturated carbocycles. The molecule has 1 aromatic heterocycles. The average Bonchev–Trinajstić information content (AvgIpc) is 2.31. The first-order chi connectivity index (χ1) is 8.92. The fourth-order valence-corrected chi connectivity index (χ4v) is 5.87. The minimum Gasteiger partial charge on any atom is -0.383 e. The molecule has 2 fully saturated rings. The smallest absolute Gasteiger partial charge is 0.213 e. The summed E-state index contributed by atoms with van der Waals surface area (Å²) in [6.45, 7) is 0. The molecular formula is C13H16FNO3S. The number of rotatable bonds is 1. The highest BCUT2D eigenvalue weighted by Crippen LogP contribution is 2.45. The van der Waals surface area contributed by atoms with Crippen molar-refractivity contribution in [3.63, 3.8) is 0 Å². The van der Waals surface area contributed by atoms with Crippen molar-refractivity contribution in [1.29, 1.82) is 0 Å². The maximum absolute atomic E-state index is 13.2. The van der Waals surface area contributed by atoms with Crippen molar-refractivity contribution in [1.82, 2.24) is 4.98 Å². The lowest BCUT2D eigenvalue weighted by Crippen LogP contribution is -2.50. The molecule has 0 amide bonds. The molecule has 4 nitrogen and oxygen atoms in total. The molecule has 2 saturated heterocycles. The minimum atomic E-state index is -3.14. The molecule has 1 N–H and O–H groups in total. The van der Waals surface area contributed by atoms with Crippen LogP contribution in [0.25, 0.3) is 0 Å².